The highest BCUT2D eigenvalue weighted by atomic mass is 32.1. The van der Waals surface area contributed by atoms with E-state index in [0.29, 0.717) is 17.2 Å². The van der Waals surface area contributed by atoms with Crippen molar-refractivity contribution in [2.45, 2.75) is 13.5 Å². The molecule has 1 aromatic carbocycles. The molecule has 0 aliphatic carbocycles. The summed E-state index contributed by atoms with van der Waals surface area (Å²) in [7, 11) is 1.93. The molecule has 0 unspecified atom stereocenters. The summed E-state index contributed by atoms with van der Waals surface area (Å²) in [5, 5.41) is 8.05. The Morgan fingerprint density at radius 2 is 1.88 bits per heavy atom. The second-order valence-electron chi connectivity index (χ2n) is 6.97. The average molecular weight is 464 g/mol. The Hall–Kier alpha value is -3.56. The minimum atomic E-state index is -0.259. The van der Waals surface area contributed by atoms with Gasteiger partial charge in [-0.3, -0.25) is 14.9 Å². The van der Waals surface area contributed by atoms with Crippen molar-refractivity contribution in [3.8, 4) is 10.6 Å². The largest absolute Gasteiger partial charge is 0.351 e. The van der Waals surface area contributed by atoms with Crippen LogP contribution in [0.15, 0.2) is 66.2 Å². The lowest BCUT2D eigenvalue weighted by Crippen LogP contribution is -2.17. The molecule has 3 aromatic heterocycles. The lowest BCUT2D eigenvalue weighted by Gasteiger charge is -2.18. The smallest absolute Gasteiger partial charge is 0.259 e. The van der Waals surface area contributed by atoms with E-state index in [1.807, 2.05) is 65.9 Å². The van der Waals surface area contributed by atoms with E-state index in [1.165, 1.54) is 18.3 Å². The van der Waals surface area contributed by atoms with Gasteiger partial charge < -0.3 is 10.2 Å². The number of rotatable bonds is 7. The number of carbonyl (C=O) groups is 2. The maximum absolute atomic E-state index is 12.6. The van der Waals surface area contributed by atoms with Gasteiger partial charge in [-0.25, -0.2) is 9.97 Å². The molecule has 4 aromatic rings. The van der Waals surface area contributed by atoms with Crippen molar-refractivity contribution in [1.29, 1.82) is 0 Å². The molecule has 9 heteroatoms. The van der Waals surface area contributed by atoms with Gasteiger partial charge in [-0.15, -0.1) is 22.7 Å². The van der Waals surface area contributed by atoms with Gasteiger partial charge in [0.25, 0.3) is 5.91 Å². The van der Waals surface area contributed by atoms with Gasteiger partial charge in [-0.05, 0) is 36.4 Å². The Labute approximate surface area is 193 Å². The fourth-order valence-corrected chi connectivity index (χ4v) is 4.63. The van der Waals surface area contributed by atoms with Crippen LogP contribution in [0.4, 0.5) is 16.6 Å². The van der Waals surface area contributed by atoms with Gasteiger partial charge in [0.2, 0.25) is 5.91 Å². The minimum Gasteiger partial charge on any atom is -0.351 e. The van der Waals surface area contributed by atoms with E-state index in [2.05, 4.69) is 20.6 Å². The van der Waals surface area contributed by atoms with Crippen LogP contribution in [0.2, 0.25) is 0 Å². The Balaban J connectivity index is 1.39. The first-order chi connectivity index (χ1) is 15.5. The van der Waals surface area contributed by atoms with Gasteiger partial charge in [-0.1, -0.05) is 18.2 Å². The van der Waals surface area contributed by atoms with E-state index in [-0.39, 0.29) is 11.8 Å². The number of anilines is 3. The first-order valence-corrected chi connectivity index (χ1v) is 11.5. The molecule has 0 saturated heterocycles. The van der Waals surface area contributed by atoms with Crippen molar-refractivity contribution in [2.75, 3.05) is 17.3 Å². The highest BCUT2D eigenvalue weighted by molar-refractivity contribution is 7.17. The topological polar surface area (TPSA) is 87.2 Å². The van der Waals surface area contributed by atoms with Gasteiger partial charge in [-0.2, -0.15) is 0 Å². The molecular formula is C23H21N5O2S2. The molecule has 0 atom stereocenters. The van der Waals surface area contributed by atoms with E-state index in [1.54, 1.807) is 23.6 Å². The predicted molar refractivity (Wildman–Crippen MR) is 130 cm³/mol. The number of carbonyl (C=O) groups excluding carboxylic acids is 2. The van der Waals surface area contributed by atoms with Crippen LogP contribution in [0.3, 0.4) is 0 Å². The number of pyridine rings is 1. The Morgan fingerprint density at radius 3 is 2.59 bits per heavy atom. The summed E-state index contributed by atoms with van der Waals surface area (Å²) in [6, 6.07) is 17.4. The summed E-state index contributed by atoms with van der Waals surface area (Å²) in [5.74, 6) is 0.426. The molecule has 0 radical (unpaired) electrons. The van der Waals surface area contributed by atoms with Crippen molar-refractivity contribution in [3.05, 3.63) is 76.6 Å². The number of nitrogens with zero attached hydrogens (tertiary/aromatic N) is 3. The maximum Gasteiger partial charge on any atom is 0.259 e. The van der Waals surface area contributed by atoms with Crippen LogP contribution in [0.5, 0.6) is 0 Å². The van der Waals surface area contributed by atoms with Crippen LogP contribution in [0, 0.1) is 0 Å². The van der Waals surface area contributed by atoms with Crippen molar-refractivity contribution in [2.24, 2.45) is 0 Å². The zero-order valence-corrected chi connectivity index (χ0v) is 19.2. The summed E-state index contributed by atoms with van der Waals surface area (Å²) >= 11 is 2.93. The summed E-state index contributed by atoms with van der Waals surface area (Å²) in [6.07, 6.45) is 1.56. The third-order valence-electron chi connectivity index (χ3n) is 4.65. The standard InChI is InChI=1S/C23H21N5O2S2/c1-15(29)24-13-18-9-10-20(32-18)19-14-31-23(26-19)27-22(30)16-8-11-21(25-12-16)28(2)17-6-4-3-5-7-17/h3-12,14H,13H2,1-2H3,(H,24,29)(H,26,27,30). The fraction of sp³-hybridized carbons (Fsp3) is 0.130. The summed E-state index contributed by atoms with van der Waals surface area (Å²) < 4.78 is 0. The van der Waals surface area contributed by atoms with Crippen LogP contribution in [-0.2, 0) is 11.3 Å². The van der Waals surface area contributed by atoms with Crippen molar-refractivity contribution in [1.82, 2.24) is 15.3 Å². The first-order valence-electron chi connectivity index (χ1n) is 9.85. The second kappa shape index (κ2) is 9.71. The number of benzene rings is 1. The molecule has 0 saturated carbocycles. The molecule has 0 aliphatic rings. The van der Waals surface area contributed by atoms with Crippen molar-refractivity contribution < 1.29 is 9.59 Å². The summed E-state index contributed by atoms with van der Waals surface area (Å²) in [4.78, 5) is 36.6. The van der Waals surface area contributed by atoms with E-state index >= 15 is 0 Å². The molecule has 32 heavy (non-hydrogen) atoms. The number of thiophene rings is 1. The quantitative estimate of drug-likeness (QED) is 0.406. The van der Waals surface area contributed by atoms with Crippen LogP contribution >= 0.6 is 22.7 Å². The van der Waals surface area contributed by atoms with E-state index in [0.717, 1.165) is 27.0 Å². The van der Waals surface area contributed by atoms with Gasteiger partial charge in [0.15, 0.2) is 5.13 Å². The highest BCUT2D eigenvalue weighted by Gasteiger charge is 2.13. The molecule has 4 rings (SSSR count). The van der Waals surface area contributed by atoms with Crippen molar-refractivity contribution in [3.63, 3.8) is 0 Å². The molecule has 0 spiro atoms. The number of thiazole rings is 1. The Kier molecular flexibility index (Phi) is 6.58. The van der Waals surface area contributed by atoms with Gasteiger partial charge in [0.1, 0.15) is 5.82 Å². The zero-order chi connectivity index (χ0) is 22.5. The monoisotopic (exact) mass is 463 g/mol. The van der Waals surface area contributed by atoms with Gasteiger partial charge in [0.05, 0.1) is 22.7 Å². The molecule has 2 amide bonds. The Bertz CT molecular complexity index is 1220. The average Bonchev–Trinajstić information content (AvgIpc) is 3.47. The summed E-state index contributed by atoms with van der Waals surface area (Å²) in [5.41, 5.74) is 2.27. The molecule has 7 nitrogen and oxygen atoms in total. The molecule has 162 valence electrons. The predicted octanol–water partition coefficient (Wildman–Crippen LogP) is 4.92. The molecule has 2 N–H and O–H groups in total. The zero-order valence-electron chi connectivity index (χ0n) is 17.5. The van der Waals surface area contributed by atoms with Crippen LogP contribution in [-0.4, -0.2) is 28.8 Å². The van der Waals surface area contributed by atoms with Crippen LogP contribution < -0.4 is 15.5 Å². The third-order valence-corrected chi connectivity index (χ3v) is 6.51. The third kappa shape index (κ3) is 5.19. The van der Waals surface area contributed by atoms with E-state index in [4.69, 9.17) is 0 Å². The number of nitrogens with one attached hydrogen (secondary N) is 2. The van der Waals surface area contributed by atoms with E-state index < -0.39 is 0 Å². The number of hydrogen-bond acceptors (Lipinski definition) is 7. The molecule has 3 heterocycles. The second-order valence-corrected chi connectivity index (χ2v) is 8.99. The number of aromatic nitrogens is 2. The van der Waals surface area contributed by atoms with Gasteiger partial charge in [0, 0.05) is 36.1 Å². The van der Waals surface area contributed by atoms with Crippen LogP contribution in [0.1, 0.15) is 22.2 Å². The van der Waals surface area contributed by atoms with Crippen molar-refractivity contribution >= 4 is 51.1 Å². The SMILES string of the molecule is CC(=O)NCc1ccc(-c2csc(NC(=O)c3ccc(N(C)c4ccccc4)nc3)n2)s1. The lowest BCUT2D eigenvalue weighted by atomic mass is 10.2. The fourth-order valence-electron chi connectivity index (χ4n) is 2.94. The number of hydrogen-bond donors (Lipinski definition) is 2. The number of para-hydroxylation sites is 1. The van der Waals surface area contributed by atoms with Gasteiger partial charge >= 0.3 is 0 Å². The normalized spacial score (nSPS) is 10.6. The Morgan fingerprint density at radius 1 is 1.06 bits per heavy atom. The number of amides is 2. The first kappa shape index (κ1) is 21.7. The molecular weight excluding hydrogens is 442 g/mol. The molecule has 0 fully saturated rings. The lowest BCUT2D eigenvalue weighted by molar-refractivity contribution is -0.119. The summed E-state index contributed by atoms with van der Waals surface area (Å²) in [6.45, 7) is 1.99. The van der Waals surface area contributed by atoms with E-state index in [9.17, 15) is 9.59 Å². The minimum absolute atomic E-state index is 0.0622. The molecule has 0 bridgehead atoms. The highest BCUT2D eigenvalue weighted by Crippen LogP contribution is 2.31. The van der Waals surface area contributed by atoms with Crippen LogP contribution in [0.25, 0.3) is 10.6 Å². The maximum atomic E-state index is 12.6. The molecule has 0 aliphatic heterocycles.